The summed E-state index contributed by atoms with van der Waals surface area (Å²) in [6.07, 6.45) is -2.17. The van der Waals surface area contributed by atoms with Crippen molar-refractivity contribution in [1.29, 1.82) is 0 Å². The number of piperidine rings is 1. The minimum atomic E-state index is -4.37. The van der Waals surface area contributed by atoms with Gasteiger partial charge in [-0.15, -0.1) is 0 Å². The molecule has 1 aliphatic rings. The SMILES string of the molecule is CC(C)N1CCCC(CNC(=O)NCc2cccc(C(F)(F)F)c2)C1. The first-order valence-electron chi connectivity index (χ1n) is 8.67. The van der Waals surface area contributed by atoms with Crippen molar-refractivity contribution in [3.05, 3.63) is 35.4 Å². The zero-order valence-electron chi connectivity index (χ0n) is 14.7. The molecule has 1 heterocycles. The first kappa shape index (κ1) is 19.6. The Kier molecular flexibility index (Phi) is 6.70. The highest BCUT2D eigenvalue weighted by Crippen LogP contribution is 2.29. The van der Waals surface area contributed by atoms with Gasteiger partial charge in [-0.05, 0) is 56.8 Å². The van der Waals surface area contributed by atoms with Gasteiger partial charge in [0.25, 0.3) is 0 Å². The highest BCUT2D eigenvalue weighted by atomic mass is 19.4. The number of urea groups is 1. The molecule has 0 aliphatic carbocycles. The first-order chi connectivity index (χ1) is 11.8. The molecule has 1 atom stereocenters. The molecule has 1 aromatic carbocycles. The predicted octanol–water partition coefficient (Wildman–Crippen LogP) is 3.63. The normalized spacial score (nSPS) is 19.0. The summed E-state index contributed by atoms with van der Waals surface area (Å²) in [6.45, 7) is 7.03. The van der Waals surface area contributed by atoms with Gasteiger partial charge in [-0.1, -0.05) is 12.1 Å². The van der Waals surface area contributed by atoms with Gasteiger partial charge in [0.1, 0.15) is 0 Å². The van der Waals surface area contributed by atoms with Gasteiger partial charge in [0.05, 0.1) is 5.56 Å². The number of halogens is 3. The van der Waals surface area contributed by atoms with E-state index in [0.717, 1.165) is 38.1 Å². The molecule has 4 nitrogen and oxygen atoms in total. The molecule has 0 spiro atoms. The number of likely N-dealkylation sites (tertiary alicyclic amines) is 1. The quantitative estimate of drug-likeness (QED) is 0.845. The van der Waals surface area contributed by atoms with Crippen LogP contribution in [0.25, 0.3) is 0 Å². The van der Waals surface area contributed by atoms with E-state index in [9.17, 15) is 18.0 Å². The molecule has 1 fully saturated rings. The molecule has 0 bridgehead atoms. The largest absolute Gasteiger partial charge is 0.416 e. The van der Waals surface area contributed by atoms with Crippen molar-refractivity contribution in [2.24, 2.45) is 5.92 Å². The topological polar surface area (TPSA) is 44.4 Å². The zero-order chi connectivity index (χ0) is 18.4. The number of nitrogens with zero attached hydrogens (tertiary/aromatic N) is 1. The number of amides is 2. The number of nitrogens with one attached hydrogen (secondary N) is 2. The number of alkyl halides is 3. The van der Waals surface area contributed by atoms with E-state index in [1.807, 2.05) is 0 Å². The first-order valence-corrected chi connectivity index (χ1v) is 8.67. The fourth-order valence-electron chi connectivity index (χ4n) is 3.07. The fraction of sp³-hybridized carbons (Fsp3) is 0.611. The van der Waals surface area contributed by atoms with Crippen LogP contribution in [0.15, 0.2) is 24.3 Å². The van der Waals surface area contributed by atoms with E-state index in [0.29, 0.717) is 24.1 Å². The summed E-state index contributed by atoms with van der Waals surface area (Å²) >= 11 is 0. The van der Waals surface area contributed by atoms with E-state index in [1.54, 1.807) is 6.07 Å². The number of carbonyl (C=O) groups is 1. The Labute approximate surface area is 146 Å². The third kappa shape index (κ3) is 6.23. The molecule has 1 aliphatic heterocycles. The molecule has 1 aromatic rings. The Morgan fingerprint density at radius 3 is 2.76 bits per heavy atom. The monoisotopic (exact) mass is 357 g/mol. The lowest BCUT2D eigenvalue weighted by molar-refractivity contribution is -0.137. The third-order valence-electron chi connectivity index (χ3n) is 4.54. The number of carbonyl (C=O) groups excluding carboxylic acids is 1. The van der Waals surface area contributed by atoms with Crippen LogP contribution in [0.2, 0.25) is 0 Å². The number of hydrogen-bond acceptors (Lipinski definition) is 2. The van der Waals surface area contributed by atoms with E-state index in [1.165, 1.54) is 6.07 Å². The van der Waals surface area contributed by atoms with Gasteiger partial charge in [0.2, 0.25) is 0 Å². The van der Waals surface area contributed by atoms with Crippen molar-refractivity contribution in [3.8, 4) is 0 Å². The van der Waals surface area contributed by atoms with E-state index in [2.05, 4.69) is 29.4 Å². The second kappa shape index (κ2) is 8.56. The predicted molar refractivity (Wildman–Crippen MR) is 91.1 cm³/mol. The Bertz CT molecular complexity index is 575. The summed E-state index contributed by atoms with van der Waals surface area (Å²) in [5, 5.41) is 5.45. The Balaban J connectivity index is 1.76. The molecule has 1 saturated heterocycles. The van der Waals surface area contributed by atoms with Crippen LogP contribution in [0.3, 0.4) is 0 Å². The summed E-state index contributed by atoms with van der Waals surface area (Å²) in [5.41, 5.74) is -0.281. The molecule has 25 heavy (non-hydrogen) atoms. The maximum Gasteiger partial charge on any atom is 0.416 e. The van der Waals surface area contributed by atoms with Crippen LogP contribution in [0, 0.1) is 5.92 Å². The summed E-state index contributed by atoms with van der Waals surface area (Å²) in [4.78, 5) is 14.3. The molecule has 0 aromatic heterocycles. The van der Waals surface area contributed by atoms with Crippen molar-refractivity contribution >= 4 is 6.03 Å². The fourth-order valence-corrected chi connectivity index (χ4v) is 3.07. The van der Waals surface area contributed by atoms with E-state index in [-0.39, 0.29) is 12.6 Å². The van der Waals surface area contributed by atoms with Crippen LogP contribution in [0.1, 0.15) is 37.8 Å². The van der Waals surface area contributed by atoms with Crippen LogP contribution in [0.5, 0.6) is 0 Å². The van der Waals surface area contributed by atoms with Gasteiger partial charge in [0, 0.05) is 25.7 Å². The summed E-state index contributed by atoms with van der Waals surface area (Å²) < 4.78 is 38.0. The average Bonchev–Trinajstić information content (AvgIpc) is 2.58. The van der Waals surface area contributed by atoms with Crippen LogP contribution < -0.4 is 10.6 Å². The highest BCUT2D eigenvalue weighted by Gasteiger charge is 2.30. The molecule has 0 radical (unpaired) electrons. The van der Waals surface area contributed by atoms with Crippen LogP contribution in [-0.2, 0) is 12.7 Å². The summed E-state index contributed by atoms with van der Waals surface area (Å²) in [7, 11) is 0. The molecular weight excluding hydrogens is 331 g/mol. The molecule has 7 heteroatoms. The minimum absolute atomic E-state index is 0.0680. The van der Waals surface area contributed by atoms with Gasteiger partial charge < -0.3 is 15.5 Å². The van der Waals surface area contributed by atoms with E-state index < -0.39 is 11.7 Å². The molecule has 140 valence electrons. The van der Waals surface area contributed by atoms with Crippen molar-refractivity contribution < 1.29 is 18.0 Å². The second-order valence-corrected chi connectivity index (χ2v) is 6.86. The van der Waals surface area contributed by atoms with Crippen molar-refractivity contribution in [2.75, 3.05) is 19.6 Å². The molecule has 2 amide bonds. The van der Waals surface area contributed by atoms with Gasteiger partial charge in [-0.25, -0.2) is 4.79 Å². The minimum Gasteiger partial charge on any atom is -0.338 e. The smallest absolute Gasteiger partial charge is 0.338 e. The lowest BCUT2D eigenvalue weighted by atomic mass is 9.97. The van der Waals surface area contributed by atoms with Gasteiger partial charge >= 0.3 is 12.2 Å². The van der Waals surface area contributed by atoms with Crippen molar-refractivity contribution in [2.45, 2.75) is 45.5 Å². The van der Waals surface area contributed by atoms with Crippen LogP contribution in [-0.4, -0.2) is 36.6 Å². The number of benzene rings is 1. The molecular formula is C18H26F3N3O. The molecule has 0 saturated carbocycles. The highest BCUT2D eigenvalue weighted by molar-refractivity contribution is 5.73. The number of hydrogen-bond donors (Lipinski definition) is 2. The molecule has 1 unspecified atom stereocenters. The van der Waals surface area contributed by atoms with E-state index in [4.69, 9.17) is 0 Å². The molecule has 2 N–H and O–H groups in total. The Morgan fingerprint density at radius 2 is 2.08 bits per heavy atom. The molecule has 2 rings (SSSR count). The standard InChI is InChI=1S/C18H26F3N3O/c1-13(2)24-8-4-6-15(12-24)11-23-17(25)22-10-14-5-3-7-16(9-14)18(19,20)21/h3,5,7,9,13,15H,4,6,8,10-12H2,1-2H3,(H2,22,23,25). The second-order valence-electron chi connectivity index (χ2n) is 6.86. The number of rotatable bonds is 5. The van der Waals surface area contributed by atoms with Crippen molar-refractivity contribution in [3.63, 3.8) is 0 Å². The van der Waals surface area contributed by atoms with Crippen LogP contribution in [0.4, 0.5) is 18.0 Å². The lowest BCUT2D eigenvalue weighted by Crippen LogP contribution is -2.45. The Morgan fingerprint density at radius 1 is 1.32 bits per heavy atom. The van der Waals surface area contributed by atoms with Gasteiger partial charge in [-0.2, -0.15) is 13.2 Å². The third-order valence-corrected chi connectivity index (χ3v) is 4.54. The maximum absolute atomic E-state index is 12.7. The lowest BCUT2D eigenvalue weighted by Gasteiger charge is -2.35. The summed E-state index contributed by atoms with van der Waals surface area (Å²) in [6, 6.07) is 5.14. The zero-order valence-corrected chi connectivity index (χ0v) is 14.7. The van der Waals surface area contributed by atoms with E-state index >= 15 is 0 Å². The Hall–Kier alpha value is -1.76. The van der Waals surface area contributed by atoms with Gasteiger partial charge in [0.15, 0.2) is 0 Å². The van der Waals surface area contributed by atoms with Crippen molar-refractivity contribution in [1.82, 2.24) is 15.5 Å². The summed E-state index contributed by atoms with van der Waals surface area (Å²) in [5.74, 6) is 0.412. The average molecular weight is 357 g/mol. The van der Waals surface area contributed by atoms with Gasteiger partial charge in [-0.3, -0.25) is 0 Å². The maximum atomic E-state index is 12.7. The van der Waals surface area contributed by atoms with Crippen LogP contribution >= 0.6 is 0 Å².